The van der Waals surface area contributed by atoms with Crippen molar-refractivity contribution < 1.29 is 0 Å². The van der Waals surface area contributed by atoms with E-state index in [2.05, 4.69) is 11.7 Å². The topological polar surface area (TPSA) is 12.4 Å². The Morgan fingerprint density at radius 1 is 1.11 bits per heavy atom. The van der Waals surface area contributed by atoms with Crippen LogP contribution in [0.5, 0.6) is 0 Å². The van der Waals surface area contributed by atoms with Crippen LogP contribution in [0.2, 0.25) is 0 Å². The molecule has 1 nitrogen and oxygen atoms in total. The number of hydrogen-bond acceptors (Lipinski definition) is 1. The van der Waals surface area contributed by atoms with Crippen LogP contribution < -0.4 is 0 Å². The molecule has 0 saturated heterocycles. The zero-order valence-corrected chi connectivity index (χ0v) is 5.62. The molecule has 0 spiro atoms. The molecule has 0 unspecified atom stereocenters. The van der Waals surface area contributed by atoms with Crippen LogP contribution in [0.1, 0.15) is 6.92 Å². The fourth-order valence-electron chi connectivity index (χ4n) is 0.350. The molecule has 0 aromatic heterocycles. The summed E-state index contributed by atoms with van der Waals surface area (Å²) in [7, 11) is 0. The van der Waals surface area contributed by atoms with Gasteiger partial charge in [0.1, 0.15) is 0 Å². The molecule has 1 heteroatoms. The van der Waals surface area contributed by atoms with E-state index in [0.717, 1.165) is 0 Å². The molecule has 0 amide bonds. The van der Waals surface area contributed by atoms with Crippen molar-refractivity contribution in [1.29, 1.82) is 0 Å². The van der Waals surface area contributed by atoms with Gasteiger partial charge in [-0.25, -0.2) is 0 Å². The standard InChI is InChI=1S/C8H11N/c1-3-4-5-6-7-8-9-2/h3-8H,2H2,1H3/b4-3+,6-5-,8-7-. The Labute approximate surface area is 56.1 Å². The van der Waals surface area contributed by atoms with E-state index < -0.39 is 0 Å². The molecule has 0 saturated carbocycles. The molecule has 0 aliphatic heterocycles. The summed E-state index contributed by atoms with van der Waals surface area (Å²) in [6.45, 7) is 5.26. The first-order chi connectivity index (χ1) is 4.41. The van der Waals surface area contributed by atoms with Gasteiger partial charge in [-0.15, -0.1) is 0 Å². The summed E-state index contributed by atoms with van der Waals surface area (Å²) in [6, 6.07) is 0. The van der Waals surface area contributed by atoms with Gasteiger partial charge in [-0.1, -0.05) is 24.3 Å². The smallest absolute Gasteiger partial charge is 0.0260 e. The van der Waals surface area contributed by atoms with Crippen molar-refractivity contribution in [2.75, 3.05) is 0 Å². The SMILES string of the molecule is C=N\C=C/C=C\C=C\C. The molecule has 0 aliphatic carbocycles. The monoisotopic (exact) mass is 121 g/mol. The largest absolute Gasteiger partial charge is 0.273 e. The fourth-order valence-corrected chi connectivity index (χ4v) is 0.350. The highest BCUT2D eigenvalue weighted by Gasteiger charge is 1.57. The Morgan fingerprint density at radius 2 is 1.78 bits per heavy atom. The van der Waals surface area contributed by atoms with Crippen molar-refractivity contribution >= 4 is 6.72 Å². The van der Waals surface area contributed by atoms with E-state index in [1.54, 1.807) is 6.20 Å². The molecule has 0 fully saturated rings. The first-order valence-corrected chi connectivity index (χ1v) is 2.82. The zero-order chi connectivity index (χ0) is 6.95. The van der Waals surface area contributed by atoms with E-state index in [0.29, 0.717) is 0 Å². The summed E-state index contributed by atoms with van der Waals surface area (Å²) < 4.78 is 0. The second-order valence-corrected chi connectivity index (χ2v) is 1.43. The highest BCUT2D eigenvalue weighted by molar-refractivity contribution is 5.26. The molecule has 0 aromatic carbocycles. The zero-order valence-electron chi connectivity index (χ0n) is 5.62. The van der Waals surface area contributed by atoms with E-state index in [9.17, 15) is 0 Å². The quantitative estimate of drug-likeness (QED) is 0.401. The van der Waals surface area contributed by atoms with Crippen molar-refractivity contribution in [2.45, 2.75) is 6.92 Å². The molecule has 0 bridgehead atoms. The summed E-state index contributed by atoms with van der Waals surface area (Å²) in [4.78, 5) is 3.53. The predicted molar refractivity (Wildman–Crippen MR) is 42.6 cm³/mol. The Kier molecular flexibility index (Phi) is 6.04. The molecule has 0 aliphatic rings. The highest BCUT2D eigenvalue weighted by atomic mass is 14.6. The third-order valence-corrected chi connectivity index (χ3v) is 0.717. The average Bonchev–Trinajstić information content (AvgIpc) is 1.89. The fraction of sp³-hybridized carbons (Fsp3) is 0.125. The van der Waals surface area contributed by atoms with Gasteiger partial charge >= 0.3 is 0 Å². The van der Waals surface area contributed by atoms with Gasteiger partial charge in [-0.3, -0.25) is 4.99 Å². The number of aliphatic imine (C=N–C) groups is 1. The Hall–Kier alpha value is -1.11. The highest BCUT2D eigenvalue weighted by Crippen LogP contribution is 1.78. The van der Waals surface area contributed by atoms with Crippen LogP contribution in [0.3, 0.4) is 0 Å². The summed E-state index contributed by atoms with van der Waals surface area (Å²) in [5.74, 6) is 0. The van der Waals surface area contributed by atoms with E-state index in [-0.39, 0.29) is 0 Å². The van der Waals surface area contributed by atoms with Crippen LogP contribution in [-0.2, 0) is 0 Å². The summed E-state index contributed by atoms with van der Waals surface area (Å²) in [6.07, 6.45) is 11.2. The molecule has 9 heavy (non-hydrogen) atoms. The van der Waals surface area contributed by atoms with Crippen molar-refractivity contribution in [3.05, 3.63) is 36.6 Å². The van der Waals surface area contributed by atoms with Crippen LogP contribution in [0.4, 0.5) is 0 Å². The summed E-state index contributed by atoms with van der Waals surface area (Å²) in [5.41, 5.74) is 0. The van der Waals surface area contributed by atoms with Crippen LogP contribution in [0.15, 0.2) is 41.6 Å². The van der Waals surface area contributed by atoms with Crippen LogP contribution in [0, 0.1) is 0 Å². The third kappa shape index (κ3) is 6.89. The maximum atomic E-state index is 3.53. The van der Waals surface area contributed by atoms with Gasteiger partial charge in [0.25, 0.3) is 0 Å². The van der Waals surface area contributed by atoms with E-state index >= 15 is 0 Å². The van der Waals surface area contributed by atoms with E-state index in [1.807, 2.05) is 37.3 Å². The molecule has 0 heterocycles. The van der Waals surface area contributed by atoms with Gasteiger partial charge in [0, 0.05) is 6.20 Å². The summed E-state index contributed by atoms with van der Waals surface area (Å²) in [5, 5.41) is 0. The van der Waals surface area contributed by atoms with Crippen molar-refractivity contribution in [3.63, 3.8) is 0 Å². The first-order valence-electron chi connectivity index (χ1n) is 2.82. The van der Waals surface area contributed by atoms with E-state index in [1.165, 1.54) is 0 Å². The maximum Gasteiger partial charge on any atom is 0.0260 e. The Balaban J connectivity index is 3.46. The minimum absolute atomic E-state index is 1.64. The van der Waals surface area contributed by atoms with Gasteiger partial charge in [-0.2, -0.15) is 0 Å². The van der Waals surface area contributed by atoms with Gasteiger partial charge in [0.15, 0.2) is 0 Å². The molecular formula is C8H11N. The molecule has 0 rings (SSSR count). The maximum absolute atomic E-state index is 3.53. The predicted octanol–water partition coefficient (Wildman–Crippen LogP) is 2.33. The van der Waals surface area contributed by atoms with Gasteiger partial charge in [0.05, 0.1) is 0 Å². The lowest BCUT2D eigenvalue weighted by molar-refractivity contribution is 1.61. The van der Waals surface area contributed by atoms with Gasteiger partial charge < -0.3 is 0 Å². The molecule has 0 radical (unpaired) electrons. The van der Waals surface area contributed by atoms with Gasteiger partial charge in [-0.05, 0) is 19.7 Å². The lowest BCUT2D eigenvalue weighted by Crippen LogP contribution is -1.48. The molecule has 0 aromatic rings. The molecular weight excluding hydrogens is 110 g/mol. The molecule has 0 atom stereocenters. The van der Waals surface area contributed by atoms with Crippen molar-refractivity contribution in [1.82, 2.24) is 0 Å². The van der Waals surface area contributed by atoms with Gasteiger partial charge in [0.2, 0.25) is 0 Å². The molecule has 0 N–H and O–H groups in total. The lowest BCUT2D eigenvalue weighted by Gasteiger charge is -1.69. The number of allylic oxidation sites excluding steroid dienone is 5. The molecule has 48 valence electrons. The number of rotatable bonds is 3. The first kappa shape index (κ1) is 7.89. The lowest BCUT2D eigenvalue weighted by atomic mass is 10.4. The van der Waals surface area contributed by atoms with Crippen LogP contribution in [-0.4, -0.2) is 6.72 Å². The van der Waals surface area contributed by atoms with Crippen molar-refractivity contribution in [2.24, 2.45) is 4.99 Å². The normalized spacial score (nSPS) is 12.1. The number of nitrogens with zero attached hydrogens (tertiary/aromatic N) is 1. The third-order valence-electron chi connectivity index (χ3n) is 0.717. The second-order valence-electron chi connectivity index (χ2n) is 1.43. The van der Waals surface area contributed by atoms with Crippen molar-refractivity contribution in [3.8, 4) is 0 Å². The van der Waals surface area contributed by atoms with Crippen LogP contribution in [0.25, 0.3) is 0 Å². The van der Waals surface area contributed by atoms with Crippen LogP contribution >= 0.6 is 0 Å². The Morgan fingerprint density at radius 3 is 2.33 bits per heavy atom. The Bertz CT molecular complexity index is 141. The minimum atomic E-state index is 1.64. The van der Waals surface area contributed by atoms with E-state index in [4.69, 9.17) is 0 Å². The number of hydrogen-bond donors (Lipinski definition) is 0. The summed E-state index contributed by atoms with van der Waals surface area (Å²) >= 11 is 0. The minimum Gasteiger partial charge on any atom is -0.273 e. The second kappa shape index (κ2) is 6.89. The average molecular weight is 121 g/mol.